The number of hydrogen-bond acceptors (Lipinski definition) is 4. The van der Waals surface area contributed by atoms with Gasteiger partial charge in [0.15, 0.2) is 0 Å². The Kier molecular flexibility index (Phi) is 4.79. The first-order valence-corrected chi connectivity index (χ1v) is 7.04. The van der Waals surface area contributed by atoms with Gasteiger partial charge in [-0.1, -0.05) is 0 Å². The van der Waals surface area contributed by atoms with E-state index >= 15 is 0 Å². The van der Waals surface area contributed by atoms with Crippen LogP contribution in [0.15, 0.2) is 0 Å². The molecule has 0 radical (unpaired) electrons. The Morgan fingerprint density at radius 1 is 1.12 bits per heavy atom. The van der Waals surface area contributed by atoms with Gasteiger partial charge in [0.05, 0.1) is 0 Å². The maximum atomic E-state index is 3.25. The van der Waals surface area contributed by atoms with Crippen LogP contribution in [0.2, 0.25) is 0 Å². The summed E-state index contributed by atoms with van der Waals surface area (Å²) in [4.78, 5) is 5.14. The van der Waals surface area contributed by atoms with Crippen LogP contribution >= 0.6 is 0 Å². The molecule has 17 heavy (non-hydrogen) atoms. The molecule has 1 atom stereocenters. The number of nitrogens with one attached hydrogen (secondary N) is 1. The maximum Gasteiger partial charge on any atom is 0.0192 e. The Labute approximate surface area is 106 Å². The first-order chi connectivity index (χ1) is 8.19. The van der Waals surface area contributed by atoms with Crippen molar-refractivity contribution in [2.75, 3.05) is 53.4 Å². The van der Waals surface area contributed by atoms with Crippen molar-refractivity contribution in [3.05, 3.63) is 0 Å². The number of likely N-dealkylation sites (N-methyl/N-ethyl adjacent to an activating group) is 1. The van der Waals surface area contributed by atoms with Crippen LogP contribution in [0.1, 0.15) is 19.8 Å². The number of piperidine rings is 1. The highest BCUT2D eigenvalue weighted by Crippen LogP contribution is 2.18. The van der Waals surface area contributed by atoms with E-state index in [2.05, 4.69) is 34.2 Å². The van der Waals surface area contributed by atoms with Gasteiger partial charge in [-0.05, 0) is 39.8 Å². The van der Waals surface area contributed by atoms with Gasteiger partial charge in [0, 0.05) is 45.3 Å². The highest BCUT2D eigenvalue weighted by atomic mass is 15.5. The molecule has 100 valence electrons. The summed E-state index contributed by atoms with van der Waals surface area (Å²) in [5, 5.41) is 2.34. The van der Waals surface area contributed by atoms with Crippen molar-refractivity contribution in [3.8, 4) is 0 Å². The van der Waals surface area contributed by atoms with Crippen LogP contribution in [0.3, 0.4) is 0 Å². The third kappa shape index (κ3) is 3.65. The summed E-state index contributed by atoms with van der Waals surface area (Å²) in [6.07, 6.45) is 2.70. The molecule has 4 heteroatoms. The summed E-state index contributed by atoms with van der Waals surface area (Å²) in [6.45, 7) is 9.83. The smallest absolute Gasteiger partial charge is 0.0192 e. The van der Waals surface area contributed by atoms with Crippen molar-refractivity contribution in [1.82, 2.24) is 20.2 Å². The van der Waals surface area contributed by atoms with E-state index in [1.165, 1.54) is 52.1 Å². The molecule has 2 saturated heterocycles. The first-order valence-electron chi connectivity index (χ1n) is 7.04. The lowest BCUT2D eigenvalue weighted by Crippen LogP contribution is -2.52. The lowest BCUT2D eigenvalue weighted by molar-refractivity contribution is 0.0683. The molecule has 2 heterocycles. The molecular weight excluding hydrogens is 212 g/mol. The molecule has 2 fully saturated rings. The van der Waals surface area contributed by atoms with Crippen molar-refractivity contribution >= 4 is 0 Å². The van der Waals surface area contributed by atoms with E-state index in [1.807, 2.05) is 7.05 Å². The average molecular weight is 240 g/mol. The van der Waals surface area contributed by atoms with Gasteiger partial charge in [-0.15, -0.1) is 0 Å². The van der Waals surface area contributed by atoms with Crippen LogP contribution in [0.4, 0.5) is 0 Å². The molecule has 0 aliphatic carbocycles. The lowest BCUT2D eigenvalue weighted by Gasteiger charge is -2.40. The van der Waals surface area contributed by atoms with E-state index in [4.69, 9.17) is 0 Å². The van der Waals surface area contributed by atoms with Gasteiger partial charge in [-0.2, -0.15) is 0 Å². The minimum atomic E-state index is 0.723. The number of piperazine rings is 1. The van der Waals surface area contributed by atoms with Gasteiger partial charge in [0.2, 0.25) is 0 Å². The van der Waals surface area contributed by atoms with E-state index in [9.17, 15) is 0 Å². The van der Waals surface area contributed by atoms with E-state index in [0.29, 0.717) is 0 Å². The number of nitrogens with zero attached hydrogens (tertiary/aromatic N) is 3. The Balaban J connectivity index is 1.71. The molecule has 1 N–H and O–H groups in total. The second-order valence-electron chi connectivity index (χ2n) is 5.74. The Morgan fingerprint density at radius 2 is 1.82 bits per heavy atom. The normalized spacial score (nSPS) is 30.9. The monoisotopic (exact) mass is 240 g/mol. The molecule has 0 aromatic heterocycles. The number of rotatable bonds is 3. The van der Waals surface area contributed by atoms with Gasteiger partial charge in [-0.25, -0.2) is 5.01 Å². The van der Waals surface area contributed by atoms with Crippen molar-refractivity contribution in [2.24, 2.45) is 5.92 Å². The third-order valence-electron chi connectivity index (χ3n) is 4.49. The third-order valence-corrected chi connectivity index (χ3v) is 4.49. The topological polar surface area (TPSA) is 21.8 Å². The van der Waals surface area contributed by atoms with Crippen LogP contribution in [0.25, 0.3) is 0 Å². The second kappa shape index (κ2) is 6.14. The van der Waals surface area contributed by atoms with Crippen molar-refractivity contribution < 1.29 is 0 Å². The standard InChI is InChI=1S/C13H28N4/c1-12-10-16(9-8-15(12)3)11-13-4-6-17(14-2)7-5-13/h12-14H,4-11H2,1-3H3. The summed E-state index contributed by atoms with van der Waals surface area (Å²) in [5.74, 6) is 0.912. The molecular formula is C13H28N4. The fraction of sp³-hybridized carbons (Fsp3) is 1.00. The molecule has 2 rings (SSSR count). The molecule has 0 amide bonds. The highest BCUT2D eigenvalue weighted by molar-refractivity contribution is 4.80. The predicted octanol–water partition coefficient (Wildman–Crippen LogP) is 0.469. The minimum Gasteiger partial charge on any atom is -0.301 e. The van der Waals surface area contributed by atoms with Gasteiger partial charge in [-0.3, -0.25) is 5.43 Å². The largest absolute Gasteiger partial charge is 0.301 e. The van der Waals surface area contributed by atoms with Gasteiger partial charge >= 0.3 is 0 Å². The van der Waals surface area contributed by atoms with Crippen LogP contribution in [-0.2, 0) is 0 Å². The maximum absolute atomic E-state index is 3.25. The highest BCUT2D eigenvalue weighted by Gasteiger charge is 2.25. The van der Waals surface area contributed by atoms with Crippen LogP contribution < -0.4 is 5.43 Å². The molecule has 0 saturated carbocycles. The van der Waals surface area contributed by atoms with E-state index in [1.54, 1.807) is 0 Å². The SMILES string of the molecule is CNN1CCC(CN2CCN(C)C(C)C2)CC1. The summed E-state index contributed by atoms with van der Waals surface area (Å²) < 4.78 is 0. The summed E-state index contributed by atoms with van der Waals surface area (Å²) >= 11 is 0. The van der Waals surface area contributed by atoms with E-state index in [-0.39, 0.29) is 0 Å². The molecule has 0 bridgehead atoms. The van der Waals surface area contributed by atoms with Crippen molar-refractivity contribution in [2.45, 2.75) is 25.8 Å². The van der Waals surface area contributed by atoms with Crippen molar-refractivity contribution in [1.29, 1.82) is 0 Å². The molecule has 0 aromatic rings. The zero-order chi connectivity index (χ0) is 12.3. The second-order valence-corrected chi connectivity index (χ2v) is 5.74. The Hall–Kier alpha value is -0.160. The van der Waals surface area contributed by atoms with Crippen LogP contribution in [0, 0.1) is 5.92 Å². The number of hydrazine groups is 1. The van der Waals surface area contributed by atoms with Crippen molar-refractivity contribution in [3.63, 3.8) is 0 Å². The van der Waals surface area contributed by atoms with Gasteiger partial charge in [0.25, 0.3) is 0 Å². The molecule has 0 aromatic carbocycles. The van der Waals surface area contributed by atoms with E-state index in [0.717, 1.165) is 12.0 Å². The van der Waals surface area contributed by atoms with Gasteiger partial charge < -0.3 is 9.80 Å². The van der Waals surface area contributed by atoms with Crippen LogP contribution in [-0.4, -0.2) is 74.2 Å². The van der Waals surface area contributed by atoms with E-state index < -0.39 is 0 Å². The predicted molar refractivity (Wildman–Crippen MR) is 71.9 cm³/mol. The minimum absolute atomic E-state index is 0.723. The zero-order valence-corrected chi connectivity index (χ0v) is 11.7. The fourth-order valence-electron chi connectivity index (χ4n) is 2.99. The average Bonchev–Trinajstić information content (AvgIpc) is 2.35. The first kappa shape index (κ1) is 13.3. The molecule has 0 spiro atoms. The summed E-state index contributed by atoms with van der Waals surface area (Å²) in [7, 11) is 4.27. The summed E-state index contributed by atoms with van der Waals surface area (Å²) in [5.41, 5.74) is 3.25. The Morgan fingerprint density at radius 3 is 2.41 bits per heavy atom. The zero-order valence-electron chi connectivity index (χ0n) is 11.7. The molecule has 2 aliphatic rings. The number of hydrogen-bond donors (Lipinski definition) is 1. The quantitative estimate of drug-likeness (QED) is 0.774. The fourth-order valence-corrected chi connectivity index (χ4v) is 2.99. The molecule has 4 nitrogen and oxygen atoms in total. The van der Waals surface area contributed by atoms with Crippen LogP contribution in [0.5, 0.6) is 0 Å². The lowest BCUT2D eigenvalue weighted by atomic mass is 9.96. The molecule has 1 unspecified atom stereocenters. The summed E-state index contributed by atoms with van der Waals surface area (Å²) in [6, 6.07) is 0.723. The van der Waals surface area contributed by atoms with Gasteiger partial charge in [0.1, 0.15) is 0 Å². The Bertz CT molecular complexity index is 225. The molecule has 2 aliphatic heterocycles.